The minimum absolute atomic E-state index is 0.208. The first-order valence-corrected chi connectivity index (χ1v) is 13.3. The molecule has 0 spiro atoms. The lowest BCUT2D eigenvalue weighted by atomic mass is 9.95. The molecule has 1 N–H and O–H groups in total. The molecule has 0 radical (unpaired) electrons. The van der Waals surface area contributed by atoms with E-state index in [2.05, 4.69) is 9.98 Å². The largest absolute Gasteiger partial charge is 0.493 e. The molecule has 0 saturated heterocycles. The molecule has 0 fully saturated rings. The lowest BCUT2D eigenvalue weighted by Crippen LogP contribution is -2.40. The number of fused-ring (bicyclic) bond motifs is 2. The van der Waals surface area contributed by atoms with E-state index in [9.17, 15) is 9.59 Å². The molecule has 0 saturated carbocycles. The molecule has 0 unspecified atom stereocenters. The number of benzene rings is 2. The molecule has 2 aromatic carbocycles. The van der Waals surface area contributed by atoms with Gasteiger partial charge in [0, 0.05) is 22.2 Å². The Morgan fingerprint density at radius 1 is 1.13 bits per heavy atom. The van der Waals surface area contributed by atoms with Crippen molar-refractivity contribution in [2.24, 2.45) is 4.99 Å². The number of aromatic amines is 1. The number of methoxy groups -OCH3 is 1. The van der Waals surface area contributed by atoms with E-state index in [0.29, 0.717) is 44.3 Å². The third kappa shape index (κ3) is 4.32. The number of thiazole rings is 1. The highest BCUT2D eigenvalue weighted by atomic mass is 32.1. The fourth-order valence-corrected chi connectivity index (χ4v) is 5.88. The molecular formula is C29H29N3O5S. The van der Waals surface area contributed by atoms with E-state index in [0.717, 1.165) is 22.2 Å². The number of carbonyl (C=O) groups excluding carboxylic acids is 1. The van der Waals surface area contributed by atoms with Gasteiger partial charge in [-0.1, -0.05) is 35.6 Å². The van der Waals surface area contributed by atoms with E-state index >= 15 is 0 Å². The van der Waals surface area contributed by atoms with Crippen molar-refractivity contribution in [3.05, 3.63) is 90.2 Å². The van der Waals surface area contributed by atoms with E-state index in [1.807, 2.05) is 56.3 Å². The topological polar surface area (TPSA) is 94.9 Å². The number of carbonyl (C=O) groups is 1. The molecular weight excluding hydrogens is 502 g/mol. The highest BCUT2D eigenvalue weighted by molar-refractivity contribution is 7.07. The molecule has 5 rings (SSSR count). The van der Waals surface area contributed by atoms with E-state index < -0.39 is 12.0 Å². The molecule has 38 heavy (non-hydrogen) atoms. The predicted octanol–water partition coefficient (Wildman–Crippen LogP) is 4.00. The molecule has 0 aliphatic carbocycles. The van der Waals surface area contributed by atoms with Gasteiger partial charge in [-0.05, 0) is 57.5 Å². The molecule has 0 bridgehead atoms. The fourth-order valence-electron chi connectivity index (χ4n) is 4.85. The van der Waals surface area contributed by atoms with Gasteiger partial charge in [0.25, 0.3) is 5.56 Å². The zero-order valence-corrected chi connectivity index (χ0v) is 22.8. The summed E-state index contributed by atoms with van der Waals surface area (Å²) in [6, 6.07) is 12.7. The Bertz CT molecular complexity index is 1760. The number of rotatable bonds is 7. The number of para-hydroxylation sites is 1. The van der Waals surface area contributed by atoms with Crippen LogP contribution in [0.4, 0.5) is 0 Å². The molecule has 4 aromatic rings. The molecule has 8 nitrogen and oxygen atoms in total. The smallest absolute Gasteiger partial charge is 0.338 e. The molecule has 2 aromatic heterocycles. The maximum Gasteiger partial charge on any atom is 0.338 e. The van der Waals surface area contributed by atoms with Gasteiger partial charge >= 0.3 is 5.97 Å². The monoisotopic (exact) mass is 531 g/mol. The second-order valence-electron chi connectivity index (χ2n) is 8.85. The van der Waals surface area contributed by atoms with Crippen LogP contribution in [-0.2, 0) is 9.53 Å². The van der Waals surface area contributed by atoms with Crippen LogP contribution in [0.5, 0.6) is 11.5 Å². The van der Waals surface area contributed by atoms with Crippen molar-refractivity contribution in [2.45, 2.75) is 33.7 Å². The Balaban J connectivity index is 1.76. The molecule has 3 heterocycles. The normalized spacial score (nSPS) is 15.4. The van der Waals surface area contributed by atoms with E-state index in [4.69, 9.17) is 14.2 Å². The Kier molecular flexibility index (Phi) is 6.94. The summed E-state index contributed by atoms with van der Waals surface area (Å²) in [4.78, 5) is 35.7. The van der Waals surface area contributed by atoms with Crippen LogP contribution in [0.1, 0.15) is 43.6 Å². The third-order valence-electron chi connectivity index (χ3n) is 6.54. The second-order valence-corrected chi connectivity index (χ2v) is 9.86. The zero-order valence-electron chi connectivity index (χ0n) is 22.0. The van der Waals surface area contributed by atoms with Crippen molar-refractivity contribution >= 4 is 34.3 Å². The summed E-state index contributed by atoms with van der Waals surface area (Å²) in [6.45, 7) is 8.04. The van der Waals surface area contributed by atoms with Gasteiger partial charge < -0.3 is 19.2 Å². The number of ether oxygens (including phenoxy) is 3. The van der Waals surface area contributed by atoms with E-state index in [1.165, 1.54) is 11.3 Å². The highest BCUT2D eigenvalue weighted by Crippen LogP contribution is 2.36. The van der Waals surface area contributed by atoms with Gasteiger partial charge in [0.2, 0.25) is 0 Å². The highest BCUT2D eigenvalue weighted by Gasteiger charge is 2.34. The van der Waals surface area contributed by atoms with Crippen molar-refractivity contribution in [1.82, 2.24) is 9.55 Å². The van der Waals surface area contributed by atoms with Crippen molar-refractivity contribution in [1.29, 1.82) is 0 Å². The van der Waals surface area contributed by atoms with Crippen LogP contribution in [0.2, 0.25) is 0 Å². The number of H-pyrrole nitrogens is 1. The molecule has 0 amide bonds. The number of aryl methyl sites for hydroxylation is 1. The number of nitrogens with one attached hydrogen (secondary N) is 1. The first-order chi connectivity index (χ1) is 18.4. The van der Waals surface area contributed by atoms with Crippen LogP contribution >= 0.6 is 11.3 Å². The first kappa shape index (κ1) is 25.5. The maximum absolute atomic E-state index is 14.0. The van der Waals surface area contributed by atoms with Gasteiger partial charge in [-0.2, -0.15) is 0 Å². The fraction of sp³-hybridized carbons (Fsp3) is 0.276. The summed E-state index contributed by atoms with van der Waals surface area (Å²) in [5.41, 5.74) is 4.22. The van der Waals surface area contributed by atoms with Crippen LogP contribution in [0.25, 0.3) is 17.0 Å². The van der Waals surface area contributed by atoms with Crippen molar-refractivity contribution < 1.29 is 19.0 Å². The first-order valence-electron chi connectivity index (χ1n) is 12.5. The number of hydrogen-bond donors (Lipinski definition) is 1. The van der Waals surface area contributed by atoms with Crippen LogP contribution < -0.4 is 24.4 Å². The quantitative estimate of drug-likeness (QED) is 0.364. The third-order valence-corrected chi connectivity index (χ3v) is 7.52. The molecule has 196 valence electrons. The molecule has 1 aliphatic heterocycles. The summed E-state index contributed by atoms with van der Waals surface area (Å²) in [7, 11) is 1.57. The van der Waals surface area contributed by atoms with Gasteiger partial charge in [0.1, 0.15) is 0 Å². The zero-order chi connectivity index (χ0) is 27.0. The SMILES string of the molecule is CCOC(=O)C1=C(C)N=c2s/c(=C\c3c(C)[nH]c4ccccc34)c(=O)n2[C@H]1c1ccc(OC)c(OCC)c1. The summed E-state index contributed by atoms with van der Waals surface area (Å²) < 4.78 is 18.8. The molecule has 1 aliphatic rings. The lowest BCUT2D eigenvalue weighted by Gasteiger charge is -2.25. The van der Waals surface area contributed by atoms with E-state index in [-0.39, 0.29) is 12.2 Å². The summed E-state index contributed by atoms with van der Waals surface area (Å²) in [6.07, 6.45) is 1.90. The van der Waals surface area contributed by atoms with Gasteiger partial charge in [-0.3, -0.25) is 9.36 Å². The summed E-state index contributed by atoms with van der Waals surface area (Å²) in [5.74, 6) is 0.590. The average molecular weight is 532 g/mol. The number of hydrogen-bond acceptors (Lipinski definition) is 7. The minimum atomic E-state index is -0.735. The molecule has 1 atom stereocenters. The van der Waals surface area contributed by atoms with Gasteiger partial charge in [-0.25, -0.2) is 9.79 Å². The molecule has 9 heteroatoms. The number of nitrogens with zero attached hydrogens (tertiary/aromatic N) is 2. The van der Waals surface area contributed by atoms with Crippen LogP contribution in [0.15, 0.2) is 63.5 Å². The van der Waals surface area contributed by atoms with Crippen molar-refractivity contribution in [2.75, 3.05) is 20.3 Å². The van der Waals surface area contributed by atoms with E-state index in [1.54, 1.807) is 31.6 Å². The summed E-state index contributed by atoms with van der Waals surface area (Å²) >= 11 is 1.30. The Morgan fingerprint density at radius 2 is 1.92 bits per heavy atom. The van der Waals surface area contributed by atoms with Gasteiger partial charge in [0.15, 0.2) is 16.3 Å². The Labute approximate surface area is 223 Å². The van der Waals surface area contributed by atoms with Crippen LogP contribution in [-0.4, -0.2) is 35.8 Å². The minimum Gasteiger partial charge on any atom is -0.493 e. The van der Waals surface area contributed by atoms with Crippen LogP contribution in [0, 0.1) is 6.92 Å². The number of esters is 1. The van der Waals surface area contributed by atoms with Gasteiger partial charge in [-0.15, -0.1) is 0 Å². The standard InChI is InChI=1S/C29H29N3O5S/c1-6-36-23-14-18(12-13-22(23)35-5)26-25(28(34)37-7-2)17(4)31-29-32(26)27(33)24(38-29)15-20-16(3)30-21-11-9-8-10-19(20)21/h8-15,26,30H,6-7H2,1-5H3/b24-15-/t26-/m0/s1. The predicted molar refractivity (Wildman–Crippen MR) is 148 cm³/mol. The van der Waals surface area contributed by atoms with Crippen molar-refractivity contribution in [3.8, 4) is 11.5 Å². The maximum atomic E-state index is 14.0. The number of allylic oxidation sites excluding steroid dienone is 1. The van der Waals surface area contributed by atoms with Crippen LogP contribution in [0.3, 0.4) is 0 Å². The summed E-state index contributed by atoms with van der Waals surface area (Å²) in [5, 5.41) is 1.03. The number of aromatic nitrogens is 2. The Hall–Kier alpha value is -4.11. The Morgan fingerprint density at radius 3 is 2.66 bits per heavy atom. The average Bonchev–Trinajstić information content (AvgIpc) is 3.38. The van der Waals surface area contributed by atoms with Crippen molar-refractivity contribution in [3.63, 3.8) is 0 Å². The second kappa shape index (κ2) is 10.3. The lowest BCUT2D eigenvalue weighted by molar-refractivity contribution is -0.139. The van der Waals surface area contributed by atoms with Gasteiger partial charge in [0.05, 0.1) is 42.2 Å².